The fraction of sp³-hybridized carbons (Fsp3) is 0.404. The van der Waals surface area contributed by atoms with Gasteiger partial charge in [0.05, 0.1) is 52.8 Å². The molecule has 368 valence electrons. The highest BCUT2D eigenvalue weighted by Crippen LogP contribution is 2.19. The van der Waals surface area contributed by atoms with Crippen LogP contribution >= 0.6 is 0 Å². The summed E-state index contributed by atoms with van der Waals surface area (Å²) in [6.07, 6.45) is 11.2. The Morgan fingerprint density at radius 1 is 0.686 bits per heavy atom. The molecule has 0 saturated carbocycles. The van der Waals surface area contributed by atoms with Crippen molar-refractivity contribution in [1.29, 1.82) is 10.5 Å². The molecule has 0 saturated heterocycles. The number of benzene rings is 2. The summed E-state index contributed by atoms with van der Waals surface area (Å²) in [5.74, 6) is 14.3. The van der Waals surface area contributed by atoms with Gasteiger partial charge in [-0.25, -0.2) is 9.97 Å². The van der Waals surface area contributed by atoms with E-state index in [1.165, 1.54) is 11.0 Å². The van der Waals surface area contributed by atoms with Crippen LogP contribution in [0.15, 0.2) is 73.1 Å². The van der Waals surface area contributed by atoms with Crippen molar-refractivity contribution < 1.29 is 14.4 Å². The van der Waals surface area contributed by atoms with E-state index in [0.717, 1.165) is 49.3 Å². The summed E-state index contributed by atoms with van der Waals surface area (Å²) in [5, 5.41) is 39.4. The molecule has 1 unspecified atom stereocenters. The van der Waals surface area contributed by atoms with Crippen LogP contribution in [0.1, 0.15) is 88.5 Å². The van der Waals surface area contributed by atoms with E-state index in [4.69, 9.17) is 10.5 Å². The quantitative estimate of drug-likeness (QED) is 0.0260. The molecule has 0 aliphatic heterocycles. The van der Waals surface area contributed by atoms with Crippen LogP contribution in [0.25, 0.3) is 0 Å². The molecule has 0 spiro atoms. The Morgan fingerprint density at radius 3 is 1.56 bits per heavy atom. The maximum Gasteiger partial charge on any atom is 0.246 e. The van der Waals surface area contributed by atoms with Crippen LogP contribution in [-0.4, -0.2) is 120 Å². The van der Waals surface area contributed by atoms with Gasteiger partial charge >= 0.3 is 0 Å². The smallest absolute Gasteiger partial charge is 0.246 e. The zero-order valence-corrected chi connectivity index (χ0v) is 41.7. The van der Waals surface area contributed by atoms with E-state index < -0.39 is 6.04 Å². The number of nitriles is 2. The molecule has 2 aromatic carbocycles. The molecule has 0 bridgehead atoms. The minimum atomic E-state index is -0.576. The van der Waals surface area contributed by atoms with Gasteiger partial charge in [0.15, 0.2) is 0 Å². The average Bonchev–Trinajstić information content (AvgIpc) is 3.37. The van der Waals surface area contributed by atoms with Crippen molar-refractivity contribution in [3.8, 4) is 35.8 Å². The second-order valence-electron chi connectivity index (χ2n) is 16.1. The van der Waals surface area contributed by atoms with Gasteiger partial charge in [-0.1, -0.05) is 43.6 Å². The van der Waals surface area contributed by atoms with Crippen molar-refractivity contribution in [2.75, 3.05) is 82.2 Å². The number of unbranched alkanes of at least 4 members (excludes halogenated alkanes) is 2. The largest absolute Gasteiger partial charge is 0.369 e. The van der Waals surface area contributed by atoms with Gasteiger partial charge in [-0.15, -0.1) is 0 Å². The van der Waals surface area contributed by atoms with Gasteiger partial charge in [-0.3, -0.25) is 14.4 Å². The predicted molar refractivity (Wildman–Crippen MR) is 277 cm³/mol. The molecule has 4 rings (SSSR count). The first-order chi connectivity index (χ1) is 33.8. The summed E-state index contributed by atoms with van der Waals surface area (Å²) in [6.45, 7) is 10.9. The second-order valence-corrected chi connectivity index (χ2v) is 16.1. The van der Waals surface area contributed by atoms with Gasteiger partial charge in [-0.05, 0) is 109 Å². The van der Waals surface area contributed by atoms with Gasteiger partial charge in [0.25, 0.3) is 0 Å². The first kappa shape index (κ1) is 56.3. The Kier molecular flexibility index (Phi) is 25.6. The molecule has 18 heteroatoms. The number of carbonyl (C=O) groups is 3. The van der Waals surface area contributed by atoms with Crippen LogP contribution < -0.4 is 37.2 Å². The van der Waals surface area contributed by atoms with Gasteiger partial charge in [-0.2, -0.15) is 20.5 Å². The molecule has 7 N–H and O–H groups in total. The number of rotatable bonds is 23. The SMILES string of the molecule is CCCNc1nc(Nc2ccc(C#N)cc2)ncc1C#CCCCNC(=O)C(C)N(C)C(=O)/C=C/CN(C)C.CCCNc1nc(Nc2ccc(C#N)cc2)ncc1C#CCCCNC(=O)[C@@H](C)NC. The molecule has 70 heavy (non-hydrogen) atoms. The predicted octanol–water partition coefficient (Wildman–Crippen LogP) is 5.90. The summed E-state index contributed by atoms with van der Waals surface area (Å²) in [7, 11) is 7.22. The molecule has 2 aromatic heterocycles. The third-order valence-corrected chi connectivity index (χ3v) is 10.1. The molecule has 2 atom stereocenters. The zero-order chi connectivity index (χ0) is 51.1. The van der Waals surface area contributed by atoms with Crippen molar-refractivity contribution >= 4 is 52.6 Å². The number of likely N-dealkylation sites (N-methyl/N-ethyl adjacent to an activating group) is 3. The molecule has 2 heterocycles. The van der Waals surface area contributed by atoms with E-state index in [9.17, 15) is 14.4 Å². The third-order valence-electron chi connectivity index (χ3n) is 10.1. The average molecular weight is 950 g/mol. The number of nitrogens with zero attached hydrogens (tertiary/aromatic N) is 8. The standard InChI is InChI=1S/C29H38N8O2.C23H29N7O/c1-6-17-31-27-24(21-33-29(35-27)34-25-15-13-23(20-30)14-16-25)11-8-7-9-18-32-28(39)22(2)37(5)26(38)12-10-19-36(3)4;1-4-13-26-21-19(8-6-5-7-14-27-22(31)17(2)25-3)16-28-23(30-21)29-20-11-9-18(15-24)10-12-20/h10,12-16,21-22H,6-7,9,17-19H2,1-5H3,(H,32,39)(H2,31,33,34,35);9-12,16-17,25H,4-5,7,13-14H2,1-3H3,(H,27,31)(H2,26,28,29,30)/b12-10+;/t;17-/m.1/s1. The summed E-state index contributed by atoms with van der Waals surface area (Å²) < 4.78 is 0. The van der Waals surface area contributed by atoms with E-state index in [2.05, 4.69) is 107 Å². The number of nitrogens with one attached hydrogen (secondary N) is 7. The van der Waals surface area contributed by atoms with Crippen LogP contribution in [0.3, 0.4) is 0 Å². The minimum Gasteiger partial charge on any atom is -0.369 e. The van der Waals surface area contributed by atoms with Gasteiger partial charge < -0.3 is 47.0 Å². The maximum atomic E-state index is 12.4. The molecule has 0 radical (unpaired) electrons. The lowest BCUT2D eigenvalue weighted by Gasteiger charge is -2.23. The first-order valence-electron chi connectivity index (χ1n) is 23.4. The lowest BCUT2D eigenvalue weighted by Crippen LogP contribution is -2.45. The molecule has 18 nitrogen and oxygen atoms in total. The fourth-order valence-electron chi connectivity index (χ4n) is 5.71. The zero-order valence-electron chi connectivity index (χ0n) is 41.7. The Balaban J connectivity index is 0.000000380. The highest BCUT2D eigenvalue weighted by Gasteiger charge is 2.20. The summed E-state index contributed by atoms with van der Waals surface area (Å²) in [4.78, 5) is 57.6. The van der Waals surface area contributed by atoms with Gasteiger partial charge in [0, 0.05) is 70.1 Å². The van der Waals surface area contributed by atoms with Crippen molar-refractivity contribution in [2.45, 2.75) is 78.3 Å². The lowest BCUT2D eigenvalue weighted by molar-refractivity contribution is -0.135. The van der Waals surface area contributed by atoms with Crippen molar-refractivity contribution in [3.05, 3.63) is 95.3 Å². The summed E-state index contributed by atoms with van der Waals surface area (Å²) in [5.41, 5.74) is 4.17. The molecule has 4 aromatic rings. The molecule has 0 aliphatic carbocycles. The highest BCUT2D eigenvalue weighted by molar-refractivity contribution is 5.92. The molecular weight excluding hydrogens is 883 g/mol. The number of amides is 3. The molecule has 3 amide bonds. The Morgan fingerprint density at radius 2 is 1.14 bits per heavy atom. The number of hydrogen-bond acceptors (Lipinski definition) is 15. The number of aromatic nitrogens is 4. The molecule has 0 fully saturated rings. The monoisotopic (exact) mass is 950 g/mol. The third kappa shape index (κ3) is 20.9. The normalized spacial score (nSPS) is 11.1. The van der Waals surface area contributed by atoms with Crippen LogP contribution in [0.4, 0.5) is 34.9 Å². The maximum absolute atomic E-state index is 12.4. The van der Waals surface area contributed by atoms with Gasteiger partial charge in [0.1, 0.15) is 17.7 Å². The number of carbonyl (C=O) groups excluding carboxylic acids is 3. The van der Waals surface area contributed by atoms with Crippen LogP contribution in [-0.2, 0) is 14.4 Å². The van der Waals surface area contributed by atoms with Crippen molar-refractivity contribution in [2.24, 2.45) is 0 Å². The minimum absolute atomic E-state index is 0.0136. The Hall–Kier alpha value is -8.03. The van der Waals surface area contributed by atoms with Crippen LogP contribution in [0.2, 0.25) is 0 Å². The first-order valence-corrected chi connectivity index (χ1v) is 23.4. The van der Waals surface area contributed by atoms with E-state index in [-0.39, 0.29) is 23.8 Å². The van der Waals surface area contributed by atoms with E-state index in [1.807, 2.05) is 38.1 Å². The molecule has 0 aliphatic rings. The van der Waals surface area contributed by atoms with Crippen LogP contribution in [0.5, 0.6) is 0 Å². The fourth-order valence-corrected chi connectivity index (χ4v) is 5.71. The van der Waals surface area contributed by atoms with E-state index in [1.54, 1.807) is 75.9 Å². The van der Waals surface area contributed by atoms with Crippen molar-refractivity contribution in [1.82, 2.24) is 45.7 Å². The summed E-state index contributed by atoms with van der Waals surface area (Å²) >= 11 is 0. The highest BCUT2D eigenvalue weighted by atomic mass is 16.2. The number of anilines is 6. The van der Waals surface area contributed by atoms with Gasteiger partial charge in [0.2, 0.25) is 29.6 Å². The summed E-state index contributed by atoms with van der Waals surface area (Å²) in [6, 6.07) is 17.6. The van der Waals surface area contributed by atoms with Crippen molar-refractivity contribution in [3.63, 3.8) is 0 Å². The number of hydrogen-bond donors (Lipinski definition) is 7. The Labute approximate surface area is 413 Å². The van der Waals surface area contributed by atoms with Crippen LogP contribution in [0, 0.1) is 46.3 Å². The second kappa shape index (κ2) is 31.9. The molecular formula is C52H67N15O3. The van der Waals surface area contributed by atoms with E-state index in [0.29, 0.717) is 79.1 Å². The lowest BCUT2D eigenvalue weighted by atomic mass is 10.2. The topological polar surface area (TPSA) is 241 Å². The Bertz CT molecular complexity index is 2530. The van der Waals surface area contributed by atoms with E-state index >= 15 is 0 Å².